The van der Waals surface area contributed by atoms with Crippen LogP contribution in [-0.4, -0.2) is 19.1 Å². The van der Waals surface area contributed by atoms with Crippen LogP contribution in [0.25, 0.3) is 0 Å². The highest BCUT2D eigenvalue weighted by atomic mass is 14.9. The SMILES string of the molecule is CNC(C1CCC1)C1CC(N)C1. The van der Waals surface area contributed by atoms with Gasteiger partial charge in [-0.25, -0.2) is 0 Å². The quantitative estimate of drug-likeness (QED) is 0.662. The van der Waals surface area contributed by atoms with E-state index in [-0.39, 0.29) is 0 Å². The monoisotopic (exact) mass is 168 g/mol. The van der Waals surface area contributed by atoms with Crippen LogP contribution in [-0.2, 0) is 0 Å². The molecule has 0 aliphatic heterocycles. The maximum Gasteiger partial charge on any atom is 0.0122 e. The van der Waals surface area contributed by atoms with Crippen LogP contribution >= 0.6 is 0 Å². The smallest absolute Gasteiger partial charge is 0.0122 e. The van der Waals surface area contributed by atoms with E-state index in [1.54, 1.807) is 0 Å². The predicted octanol–water partition coefficient (Wildman–Crippen LogP) is 1.11. The molecule has 2 rings (SSSR count). The lowest BCUT2D eigenvalue weighted by molar-refractivity contribution is 0.115. The first-order valence-electron chi connectivity index (χ1n) is 5.24. The second-order valence-corrected chi connectivity index (χ2v) is 4.50. The van der Waals surface area contributed by atoms with E-state index in [9.17, 15) is 0 Å². The third kappa shape index (κ3) is 1.38. The molecule has 2 nitrogen and oxygen atoms in total. The summed E-state index contributed by atoms with van der Waals surface area (Å²) in [4.78, 5) is 0. The van der Waals surface area contributed by atoms with Gasteiger partial charge in [0.25, 0.3) is 0 Å². The van der Waals surface area contributed by atoms with Crippen LogP contribution in [0.1, 0.15) is 32.1 Å². The van der Waals surface area contributed by atoms with E-state index in [0.717, 1.165) is 17.9 Å². The standard InChI is InChI=1S/C10H20N2/c1-12-10(7-3-2-4-7)8-5-9(11)6-8/h7-10,12H,2-6,11H2,1H3. The maximum atomic E-state index is 5.79. The van der Waals surface area contributed by atoms with E-state index in [0.29, 0.717) is 6.04 Å². The number of hydrogen-bond acceptors (Lipinski definition) is 2. The Kier molecular flexibility index (Phi) is 2.37. The molecular weight excluding hydrogens is 148 g/mol. The van der Waals surface area contributed by atoms with Crippen LogP contribution in [0.5, 0.6) is 0 Å². The van der Waals surface area contributed by atoms with E-state index < -0.39 is 0 Å². The fourth-order valence-electron chi connectivity index (χ4n) is 2.66. The van der Waals surface area contributed by atoms with Crippen LogP contribution in [0.15, 0.2) is 0 Å². The first-order valence-corrected chi connectivity index (χ1v) is 5.24. The molecule has 0 saturated heterocycles. The van der Waals surface area contributed by atoms with Crippen molar-refractivity contribution in [3.8, 4) is 0 Å². The molecular formula is C10H20N2. The van der Waals surface area contributed by atoms with Crippen molar-refractivity contribution in [3.05, 3.63) is 0 Å². The number of hydrogen-bond donors (Lipinski definition) is 2. The van der Waals surface area contributed by atoms with Gasteiger partial charge in [-0.2, -0.15) is 0 Å². The molecule has 1 atom stereocenters. The van der Waals surface area contributed by atoms with Gasteiger partial charge < -0.3 is 11.1 Å². The minimum Gasteiger partial charge on any atom is -0.328 e. The molecule has 0 aromatic heterocycles. The van der Waals surface area contributed by atoms with Gasteiger partial charge in [0.05, 0.1) is 0 Å². The van der Waals surface area contributed by atoms with Crippen LogP contribution in [0.4, 0.5) is 0 Å². The molecule has 0 heterocycles. The third-order valence-corrected chi connectivity index (χ3v) is 3.71. The number of nitrogens with one attached hydrogen (secondary N) is 1. The summed E-state index contributed by atoms with van der Waals surface area (Å²) in [5.41, 5.74) is 5.79. The lowest BCUT2D eigenvalue weighted by Gasteiger charge is -2.45. The van der Waals surface area contributed by atoms with Crippen LogP contribution in [0.2, 0.25) is 0 Å². The van der Waals surface area contributed by atoms with Crippen molar-refractivity contribution in [1.82, 2.24) is 5.32 Å². The molecule has 2 heteroatoms. The van der Waals surface area contributed by atoms with Gasteiger partial charge in [-0.1, -0.05) is 6.42 Å². The summed E-state index contributed by atoms with van der Waals surface area (Å²) in [6, 6.07) is 1.28. The van der Waals surface area contributed by atoms with Crippen molar-refractivity contribution in [2.75, 3.05) is 7.05 Å². The molecule has 0 bridgehead atoms. The molecule has 0 radical (unpaired) electrons. The summed E-state index contributed by atoms with van der Waals surface area (Å²) in [5, 5.41) is 3.47. The largest absolute Gasteiger partial charge is 0.328 e. The summed E-state index contributed by atoms with van der Waals surface area (Å²) in [6.07, 6.45) is 6.83. The van der Waals surface area contributed by atoms with Gasteiger partial charge in [0.2, 0.25) is 0 Å². The molecule has 70 valence electrons. The second kappa shape index (κ2) is 3.35. The fraction of sp³-hybridized carbons (Fsp3) is 1.00. The number of nitrogens with two attached hydrogens (primary N) is 1. The Bertz CT molecular complexity index is 148. The average Bonchev–Trinajstić information content (AvgIpc) is 1.90. The highest BCUT2D eigenvalue weighted by Gasteiger charge is 2.38. The van der Waals surface area contributed by atoms with Gasteiger partial charge in [0, 0.05) is 12.1 Å². The average molecular weight is 168 g/mol. The summed E-state index contributed by atoms with van der Waals surface area (Å²) in [6.45, 7) is 0. The van der Waals surface area contributed by atoms with Crippen molar-refractivity contribution in [1.29, 1.82) is 0 Å². The zero-order valence-electron chi connectivity index (χ0n) is 7.92. The Labute approximate surface area is 74.9 Å². The zero-order valence-corrected chi connectivity index (χ0v) is 7.92. The van der Waals surface area contributed by atoms with Crippen LogP contribution in [0, 0.1) is 11.8 Å². The van der Waals surface area contributed by atoms with Crippen LogP contribution in [0.3, 0.4) is 0 Å². The van der Waals surface area contributed by atoms with Gasteiger partial charge >= 0.3 is 0 Å². The van der Waals surface area contributed by atoms with Crippen molar-refractivity contribution < 1.29 is 0 Å². The van der Waals surface area contributed by atoms with Crippen LogP contribution < -0.4 is 11.1 Å². The van der Waals surface area contributed by atoms with E-state index in [1.807, 2.05) is 0 Å². The first kappa shape index (κ1) is 8.52. The van der Waals surface area contributed by atoms with Crippen molar-refractivity contribution >= 4 is 0 Å². The van der Waals surface area contributed by atoms with Gasteiger partial charge in [0.1, 0.15) is 0 Å². The highest BCUT2D eigenvalue weighted by molar-refractivity contribution is 4.94. The summed E-state index contributed by atoms with van der Waals surface area (Å²) in [5.74, 6) is 1.85. The Morgan fingerprint density at radius 1 is 1.25 bits per heavy atom. The third-order valence-electron chi connectivity index (χ3n) is 3.71. The molecule has 12 heavy (non-hydrogen) atoms. The van der Waals surface area contributed by atoms with Gasteiger partial charge in [-0.15, -0.1) is 0 Å². The maximum absolute atomic E-state index is 5.79. The Morgan fingerprint density at radius 3 is 2.25 bits per heavy atom. The summed E-state index contributed by atoms with van der Waals surface area (Å²) >= 11 is 0. The minimum atomic E-state index is 0.505. The van der Waals surface area contributed by atoms with Crippen molar-refractivity contribution in [2.45, 2.75) is 44.2 Å². The lowest BCUT2D eigenvalue weighted by atomic mass is 9.67. The zero-order chi connectivity index (χ0) is 8.55. The fourth-order valence-corrected chi connectivity index (χ4v) is 2.66. The van der Waals surface area contributed by atoms with Crippen molar-refractivity contribution in [3.63, 3.8) is 0 Å². The molecule has 2 aliphatic rings. The topological polar surface area (TPSA) is 38.0 Å². The molecule has 3 N–H and O–H groups in total. The van der Waals surface area contributed by atoms with Gasteiger partial charge in [-0.3, -0.25) is 0 Å². The van der Waals surface area contributed by atoms with Crippen molar-refractivity contribution in [2.24, 2.45) is 17.6 Å². The molecule has 1 unspecified atom stereocenters. The highest BCUT2D eigenvalue weighted by Crippen LogP contribution is 2.39. The van der Waals surface area contributed by atoms with E-state index >= 15 is 0 Å². The molecule has 0 amide bonds. The molecule has 2 aliphatic carbocycles. The molecule has 0 aromatic carbocycles. The molecule has 2 saturated carbocycles. The number of rotatable bonds is 3. The molecule has 0 spiro atoms. The van der Waals surface area contributed by atoms with Gasteiger partial charge in [0.15, 0.2) is 0 Å². The van der Waals surface area contributed by atoms with E-state index in [1.165, 1.54) is 32.1 Å². The van der Waals surface area contributed by atoms with E-state index in [2.05, 4.69) is 12.4 Å². The Hall–Kier alpha value is -0.0800. The Balaban J connectivity index is 1.81. The first-order chi connectivity index (χ1) is 5.81. The minimum absolute atomic E-state index is 0.505. The molecule has 2 fully saturated rings. The molecule has 0 aromatic rings. The lowest BCUT2D eigenvalue weighted by Crippen LogP contribution is -2.51. The summed E-state index contributed by atoms with van der Waals surface area (Å²) < 4.78 is 0. The Morgan fingerprint density at radius 2 is 1.92 bits per heavy atom. The normalized spacial score (nSPS) is 38.5. The second-order valence-electron chi connectivity index (χ2n) is 4.50. The summed E-state index contributed by atoms with van der Waals surface area (Å²) in [7, 11) is 2.10. The van der Waals surface area contributed by atoms with Gasteiger partial charge in [-0.05, 0) is 44.6 Å². The van der Waals surface area contributed by atoms with E-state index in [4.69, 9.17) is 5.73 Å². The predicted molar refractivity (Wildman–Crippen MR) is 50.9 cm³/mol.